The molecule has 0 aliphatic heterocycles. The van der Waals surface area contributed by atoms with Crippen LogP contribution in [-0.4, -0.2) is 25.2 Å². The fourth-order valence-electron chi connectivity index (χ4n) is 6.57. The highest BCUT2D eigenvalue weighted by molar-refractivity contribution is 7.13. The minimum Gasteiger partial charge on any atom is -0.493 e. The largest absolute Gasteiger partial charge is 0.493 e. The summed E-state index contributed by atoms with van der Waals surface area (Å²) in [6.07, 6.45) is 8.44. The van der Waals surface area contributed by atoms with Crippen LogP contribution in [0.1, 0.15) is 50.6 Å². The summed E-state index contributed by atoms with van der Waals surface area (Å²) in [7, 11) is 3.25. The Morgan fingerprint density at radius 1 is 1.10 bits per heavy atom. The normalized spacial score (nSPS) is 29.1. The molecule has 30 heavy (non-hydrogen) atoms. The zero-order valence-electron chi connectivity index (χ0n) is 17.7. The standard InChI is InChI=1S/C24H29NO4S/c1-27-20-5-3-4-19(22(20)28-2)23-25-18(14-30-23)13-29-21(26)12-24-9-15-6-16(10-24)8-17(7-15)11-24/h3-5,14-17H,6-13H2,1-2H3. The molecule has 160 valence electrons. The van der Waals surface area contributed by atoms with Gasteiger partial charge in [-0.15, -0.1) is 11.3 Å². The van der Waals surface area contributed by atoms with Gasteiger partial charge in [-0.25, -0.2) is 4.98 Å². The number of para-hydroxylation sites is 1. The second-order valence-electron chi connectivity index (χ2n) is 9.44. The molecule has 5 nitrogen and oxygen atoms in total. The van der Waals surface area contributed by atoms with Crippen molar-refractivity contribution in [3.63, 3.8) is 0 Å². The number of rotatable bonds is 7. The summed E-state index contributed by atoms with van der Waals surface area (Å²) in [5.41, 5.74) is 1.87. The van der Waals surface area contributed by atoms with Crippen molar-refractivity contribution in [1.29, 1.82) is 0 Å². The SMILES string of the molecule is COc1cccc(-c2nc(COC(=O)CC34CC5CC(CC(C5)C3)C4)cs2)c1OC. The Morgan fingerprint density at radius 2 is 1.80 bits per heavy atom. The number of hydrogen-bond acceptors (Lipinski definition) is 6. The fraction of sp³-hybridized carbons (Fsp3) is 0.583. The molecule has 4 aliphatic carbocycles. The van der Waals surface area contributed by atoms with Crippen molar-refractivity contribution in [3.8, 4) is 22.1 Å². The van der Waals surface area contributed by atoms with Crippen LogP contribution >= 0.6 is 11.3 Å². The number of methoxy groups -OCH3 is 2. The molecule has 0 spiro atoms. The Kier molecular flexibility index (Phi) is 5.21. The van der Waals surface area contributed by atoms with E-state index in [1.165, 1.54) is 49.9 Å². The number of aromatic nitrogens is 1. The molecule has 0 N–H and O–H groups in total. The highest BCUT2D eigenvalue weighted by Gasteiger charge is 2.51. The lowest BCUT2D eigenvalue weighted by Crippen LogP contribution is -2.47. The molecule has 4 fully saturated rings. The van der Waals surface area contributed by atoms with Gasteiger partial charge >= 0.3 is 5.97 Å². The fourth-order valence-corrected chi connectivity index (χ4v) is 7.40. The van der Waals surface area contributed by atoms with Gasteiger partial charge in [-0.3, -0.25) is 4.79 Å². The maximum Gasteiger partial charge on any atom is 0.306 e. The van der Waals surface area contributed by atoms with Crippen LogP contribution in [0.2, 0.25) is 0 Å². The molecule has 6 rings (SSSR count). The van der Waals surface area contributed by atoms with E-state index in [9.17, 15) is 4.79 Å². The van der Waals surface area contributed by atoms with Gasteiger partial charge in [0.1, 0.15) is 11.6 Å². The van der Waals surface area contributed by atoms with E-state index in [1.54, 1.807) is 14.2 Å². The average Bonchev–Trinajstić information content (AvgIpc) is 3.19. The first-order chi connectivity index (χ1) is 14.6. The Hall–Kier alpha value is -2.08. The second kappa shape index (κ2) is 7.88. The third-order valence-corrected chi connectivity index (χ3v) is 8.17. The van der Waals surface area contributed by atoms with E-state index in [4.69, 9.17) is 14.2 Å². The third kappa shape index (κ3) is 3.70. The van der Waals surface area contributed by atoms with Crippen molar-refractivity contribution in [2.45, 2.75) is 51.6 Å². The van der Waals surface area contributed by atoms with Crippen molar-refractivity contribution < 1.29 is 19.0 Å². The zero-order chi connectivity index (χ0) is 20.7. The van der Waals surface area contributed by atoms with E-state index in [1.807, 2.05) is 23.6 Å². The van der Waals surface area contributed by atoms with E-state index in [0.29, 0.717) is 17.9 Å². The van der Waals surface area contributed by atoms with Crippen LogP contribution in [0.5, 0.6) is 11.5 Å². The van der Waals surface area contributed by atoms with Gasteiger partial charge in [0.15, 0.2) is 11.5 Å². The van der Waals surface area contributed by atoms with E-state index >= 15 is 0 Å². The van der Waals surface area contributed by atoms with Crippen LogP contribution in [0.25, 0.3) is 10.6 Å². The first-order valence-corrected chi connectivity index (χ1v) is 11.8. The second-order valence-corrected chi connectivity index (χ2v) is 10.3. The summed E-state index contributed by atoms with van der Waals surface area (Å²) in [6.45, 7) is 0.230. The van der Waals surface area contributed by atoms with Crippen molar-refractivity contribution in [3.05, 3.63) is 29.3 Å². The first kappa shape index (κ1) is 19.9. The lowest BCUT2D eigenvalue weighted by molar-refractivity contribution is -0.153. The van der Waals surface area contributed by atoms with Crippen molar-refractivity contribution in [2.75, 3.05) is 14.2 Å². The number of carbonyl (C=O) groups excluding carboxylic acids is 1. The summed E-state index contributed by atoms with van der Waals surface area (Å²) in [5, 5.41) is 2.78. The Balaban J connectivity index is 1.22. The third-order valence-electron chi connectivity index (χ3n) is 7.25. The summed E-state index contributed by atoms with van der Waals surface area (Å²) in [6, 6.07) is 5.75. The highest BCUT2D eigenvalue weighted by Crippen LogP contribution is 2.61. The van der Waals surface area contributed by atoms with Gasteiger partial charge in [-0.2, -0.15) is 0 Å². The lowest BCUT2D eigenvalue weighted by Gasteiger charge is -2.56. The molecule has 0 unspecified atom stereocenters. The number of thiazole rings is 1. The van der Waals surface area contributed by atoms with Crippen LogP contribution < -0.4 is 9.47 Å². The van der Waals surface area contributed by atoms with Gasteiger partial charge < -0.3 is 14.2 Å². The van der Waals surface area contributed by atoms with Crippen molar-refractivity contribution in [1.82, 2.24) is 4.98 Å². The van der Waals surface area contributed by atoms with E-state index in [0.717, 1.165) is 34.0 Å². The van der Waals surface area contributed by atoms with Crippen molar-refractivity contribution in [2.24, 2.45) is 23.2 Å². The maximum atomic E-state index is 12.7. The molecule has 1 heterocycles. The maximum absolute atomic E-state index is 12.7. The Morgan fingerprint density at radius 3 is 2.43 bits per heavy atom. The van der Waals surface area contributed by atoms with Crippen LogP contribution in [0.3, 0.4) is 0 Å². The number of ether oxygens (including phenoxy) is 3. The average molecular weight is 428 g/mol. The van der Waals surface area contributed by atoms with E-state index < -0.39 is 0 Å². The molecule has 0 atom stereocenters. The minimum atomic E-state index is -0.0644. The molecule has 1 aromatic heterocycles. The van der Waals surface area contributed by atoms with Crippen molar-refractivity contribution >= 4 is 17.3 Å². The summed E-state index contributed by atoms with van der Waals surface area (Å²) in [5.74, 6) is 3.83. The summed E-state index contributed by atoms with van der Waals surface area (Å²) >= 11 is 1.52. The number of esters is 1. The van der Waals surface area contributed by atoms with Crippen LogP contribution in [0.15, 0.2) is 23.6 Å². The molecule has 2 aromatic rings. The molecule has 4 saturated carbocycles. The molecule has 0 amide bonds. The quantitative estimate of drug-likeness (QED) is 0.548. The molecule has 4 bridgehead atoms. The van der Waals surface area contributed by atoms with Crippen LogP contribution in [-0.2, 0) is 16.1 Å². The smallest absolute Gasteiger partial charge is 0.306 e. The summed E-state index contributed by atoms with van der Waals surface area (Å²) < 4.78 is 16.6. The molecule has 4 aliphatic rings. The first-order valence-electron chi connectivity index (χ1n) is 10.9. The minimum absolute atomic E-state index is 0.0644. The molecular weight excluding hydrogens is 398 g/mol. The highest BCUT2D eigenvalue weighted by atomic mass is 32.1. The number of nitrogens with zero attached hydrogens (tertiary/aromatic N) is 1. The van der Waals surface area contributed by atoms with Crippen LogP contribution in [0.4, 0.5) is 0 Å². The molecular formula is C24H29NO4S. The molecule has 0 saturated heterocycles. The lowest BCUT2D eigenvalue weighted by atomic mass is 9.49. The van der Waals surface area contributed by atoms with E-state index in [2.05, 4.69) is 4.98 Å². The summed E-state index contributed by atoms with van der Waals surface area (Å²) in [4.78, 5) is 17.3. The predicted molar refractivity (Wildman–Crippen MR) is 116 cm³/mol. The van der Waals surface area contributed by atoms with E-state index in [-0.39, 0.29) is 18.0 Å². The van der Waals surface area contributed by atoms with Gasteiger partial charge in [0.05, 0.1) is 31.9 Å². The number of benzene rings is 1. The monoisotopic (exact) mass is 427 g/mol. The van der Waals surface area contributed by atoms with Gasteiger partial charge in [0.2, 0.25) is 0 Å². The van der Waals surface area contributed by atoms with Gasteiger partial charge in [0, 0.05) is 5.38 Å². The number of carbonyl (C=O) groups is 1. The molecule has 1 aromatic carbocycles. The van der Waals surface area contributed by atoms with Crippen LogP contribution in [0, 0.1) is 23.2 Å². The Labute approximate surface area is 181 Å². The zero-order valence-corrected chi connectivity index (χ0v) is 18.5. The van der Waals surface area contributed by atoms with Gasteiger partial charge in [0.25, 0.3) is 0 Å². The predicted octanol–water partition coefficient (Wildman–Crippen LogP) is 5.48. The molecule has 6 heteroatoms. The van der Waals surface area contributed by atoms with Gasteiger partial charge in [-0.05, 0) is 73.8 Å². The Bertz CT molecular complexity index is 902. The molecule has 0 radical (unpaired) electrons. The van der Waals surface area contributed by atoms with Gasteiger partial charge in [-0.1, -0.05) is 6.07 Å². The number of hydrogen-bond donors (Lipinski definition) is 0. The topological polar surface area (TPSA) is 57.7 Å².